The summed E-state index contributed by atoms with van der Waals surface area (Å²) in [5, 5.41) is 4.93. The lowest BCUT2D eigenvalue weighted by atomic mass is 10.00. The number of rotatable bonds is 7. The summed E-state index contributed by atoms with van der Waals surface area (Å²) in [5.41, 5.74) is -4.18. The smallest absolute Gasteiger partial charge is 0.496 e. The fourth-order valence-electron chi connectivity index (χ4n) is 3.91. The largest absolute Gasteiger partial charge is 0.501 e. The molecule has 4 aromatic rings. The van der Waals surface area contributed by atoms with Gasteiger partial charge in [0.25, 0.3) is 21.7 Å². The van der Waals surface area contributed by atoms with Gasteiger partial charge in [-0.3, -0.25) is 9.59 Å². The normalized spacial score (nSPS) is 11.6. The molecule has 2 amide bonds. The van der Waals surface area contributed by atoms with Crippen molar-refractivity contribution in [2.45, 2.75) is 17.3 Å². The number of anilines is 2. The van der Waals surface area contributed by atoms with Gasteiger partial charge in [0.05, 0.1) is 28.8 Å². The summed E-state index contributed by atoms with van der Waals surface area (Å²) in [7, 11) is -4.37. The molecule has 0 aliphatic heterocycles. The van der Waals surface area contributed by atoms with Crippen molar-refractivity contribution in [2.75, 3.05) is 17.7 Å². The van der Waals surface area contributed by atoms with E-state index in [-0.39, 0.29) is 33.8 Å². The van der Waals surface area contributed by atoms with Gasteiger partial charge in [-0.2, -0.15) is 13.2 Å². The highest BCUT2D eigenvalue weighted by atomic mass is 32.2. The van der Waals surface area contributed by atoms with Crippen molar-refractivity contribution in [2.24, 2.45) is 0 Å². The summed E-state index contributed by atoms with van der Waals surface area (Å²) in [4.78, 5) is 25.3. The fraction of sp³-hybridized carbons (Fsp3) is 0.103. The minimum absolute atomic E-state index is 0.0234. The number of para-hydroxylation sites is 1. The maximum atomic E-state index is 14.9. The molecule has 0 spiro atoms. The Balaban J connectivity index is 1.63. The van der Waals surface area contributed by atoms with Gasteiger partial charge in [-0.15, -0.1) is 0 Å². The second-order valence-corrected chi connectivity index (χ2v) is 10.8. The van der Waals surface area contributed by atoms with E-state index in [1.54, 1.807) is 24.3 Å². The predicted molar refractivity (Wildman–Crippen MR) is 145 cm³/mol. The molecule has 0 aliphatic rings. The van der Waals surface area contributed by atoms with E-state index in [1.165, 1.54) is 43.5 Å². The zero-order valence-corrected chi connectivity index (χ0v) is 22.4. The average molecular weight is 587 g/mol. The SMILES string of the molecule is COc1cc(F)c(-c2ccc(C)cc2)cc1C(=O)Nc1ccccc1C(=O)Nc1cccc(S(=O)(=O)C(F)(F)F)c1. The van der Waals surface area contributed by atoms with Gasteiger partial charge in [-0.25, -0.2) is 12.8 Å². The molecule has 12 heteroatoms. The lowest BCUT2D eigenvalue weighted by molar-refractivity contribution is -0.0436. The molecule has 0 radical (unpaired) electrons. The number of nitrogens with one attached hydrogen (secondary N) is 2. The fourth-order valence-corrected chi connectivity index (χ4v) is 4.72. The number of alkyl halides is 3. The van der Waals surface area contributed by atoms with Crippen LogP contribution in [0, 0.1) is 12.7 Å². The van der Waals surface area contributed by atoms with Gasteiger partial charge >= 0.3 is 5.51 Å². The molecule has 212 valence electrons. The molecule has 4 aromatic carbocycles. The topological polar surface area (TPSA) is 102 Å². The van der Waals surface area contributed by atoms with Crippen LogP contribution in [-0.2, 0) is 9.84 Å². The van der Waals surface area contributed by atoms with Gasteiger partial charge in [0.2, 0.25) is 0 Å². The molecule has 0 saturated heterocycles. The minimum atomic E-state index is -5.64. The van der Waals surface area contributed by atoms with Gasteiger partial charge in [0, 0.05) is 17.3 Å². The maximum Gasteiger partial charge on any atom is 0.501 e. The van der Waals surface area contributed by atoms with E-state index < -0.39 is 37.9 Å². The molecule has 0 saturated carbocycles. The van der Waals surface area contributed by atoms with E-state index in [0.29, 0.717) is 11.6 Å². The Morgan fingerprint density at radius 2 is 1.46 bits per heavy atom. The number of aryl methyl sites for hydroxylation is 1. The third-order valence-corrected chi connectivity index (χ3v) is 7.51. The first-order valence-corrected chi connectivity index (χ1v) is 13.4. The highest BCUT2D eigenvalue weighted by Crippen LogP contribution is 2.33. The Morgan fingerprint density at radius 3 is 2.12 bits per heavy atom. The van der Waals surface area contributed by atoms with Crippen molar-refractivity contribution in [1.82, 2.24) is 0 Å². The summed E-state index contributed by atoms with van der Waals surface area (Å²) in [6.07, 6.45) is 0. The van der Waals surface area contributed by atoms with Crippen LogP contribution in [0.2, 0.25) is 0 Å². The number of halogens is 4. The number of hydrogen-bond acceptors (Lipinski definition) is 5. The van der Waals surface area contributed by atoms with Crippen LogP contribution in [0.3, 0.4) is 0 Å². The standard InChI is InChI=1S/C29H22F4N2O5S/c1-17-10-12-18(13-11-17)22-15-23(26(40-2)16-24(22)30)28(37)35-25-9-4-3-8-21(25)27(36)34-19-6-5-7-20(14-19)41(38,39)29(31,32)33/h3-16H,1-2H3,(H,34,36)(H,35,37). The molecule has 0 heterocycles. The molecule has 0 aliphatic carbocycles. The van der Waals surface area contributed by atoms with Crippen molar-refractivity contribution < 1.29 is 40.3 Å². The molecule has 0 fully saturated rings. The Hall–Kier alpha value is -4.71. The highest BCUT2D eigenvalue weighted by molar-refractivity contribution is 7.92. The first-order valence-electron chi connectivity index (χ1n) is 11.9. The number of carbonyl (C=O) groups excluding carboxylic acids is 2. The molecule has 0 aromatic heterocycles. The number of benzene rings is 4. The van der Waals surface area contributed by atoms with E-state index in [0.717, 1.165) is 23.8 Å². The third kappa shape index (κ3) is 6.22. The molecule has 0 bridgehead atoms. The van der Waals surface area contributed by atoms with Crippen molar-refractivity contribution in [3.05, 3.63) is 107 Å². The van der Waals surface area contributed by atoms with E-state index in [2.05, 4.69) is 10.6 Å². The molecular weight excluding hydrogens is 564 g/mol. The van der Waals surface area contributed by atoms with Crippen LogP contribution in [0.25, 0.3) is 11.1 Å². The van der Waals surface area contributed by atoms with Crippen LogP contribution in [0.15, 0.2) is 89.8 Å². The van der Waals surface area contributed by atoms with E-state index in [1.807, 2.05) is 6.92 Å². The monoisotopic (exact) mass is 586 g/mol. The number of carbonyl (C=O) groups is 2. The molecule has 7 nitrogen and oxygen atoms in total. The van der Waals surface area contributed by atoms with Crippen LogP contribution in [0.4, 0.5) is 28.9 Å². The van der Waals surface area contributed by atoms with E-state index >= 15 is 0 Å². The van der Waals surface area contributed by atoms with Gasteiger partial charge in [-0.05, 0) is 48.9 Å². The van der Waals surface area contributed by atoms with E-state index in [4.69, 9.17) is 4.74 Å². The van der Waals surface area contributed by atoms with Gasteiger partial charge in [0.1, 0.15) is 11.6 Å². The number of amides is 2. The average Bonchev–Trinajstić information content (AvgIpc) is 2.93. The number of sulfone groups is 1. The third-order valence-electron chi connectivity index (χ3n) is 6.02. The van der Waals surface area contributed by atoms with Gasteiger partial charge < -0.3 is 15.4 Å². The van der Waals surface area contributed by atoms with Crippen LogP contribution in [0.1, 0.15) is 26.3 Å². The highest BCUT2D eigenvalue weighted by Gasteiger charge is 2.46. The quantitative estimate of drug-likeness (QED) is 0.238. The Morgan fingerprint density at radius 1 is 0.805 bits per heavy atom. The first-order chi connectivity index (χ1) is 19.3. The zero-order valence-electron chi connectivity index (χ0n) is 21.5. The molecule has 0 unspecified atom stereocenters. The van der Waals surface area contributed by atoms with Crippen LogP contribution >= 0.6 is 0 Å². The maximum absolute atomic E-state index is 14.9. The van der Waals surface area contributed by atoms with Crippen LogP contribution in [0.5, 0.6) is 5.75 Å². The Bertz CT molecular complexity index is 1740. The Labute approximate surface area is 232 Å². The summed E-state index contributed by atoms with van der Waals surface area (Å²) in [5.74, 6) is -2.24. The number of hydrogen-bond donors (Lipinski definition) is 2. The summed E-state index contributed by atoms with van der Waals surface area (Å²) in [6, 6.07) is 18.9. The predicted octanol–water partition coefficient (Wildman–Crippen LogP) is 6.61. The molecule has 4 rings (SSSR count). The molecule has 41 heavy (non-hydrogen) atoms. The number of ether oxygens (including phenoxy) is 1. The van der Waals surface area contributed by atoms with Crippen LogP contribution < -0.4 is 15.4 Å². The lowest BCUT2D eigenvalue weighted by Gasteiger charge is -2.15. The molecule has 0 atom stereocenters. The molecule has 2 N–H and O–H groups in total. The summed E-state index contributed by atoms with van der Waals surface area (Å²) in [6.45, 7) is 1.88. The summed E-state index contributed by atoms with van der Waals surface area (Å²) >= 11 is 0. The lowest BCUT2D eigenvalue weighted by Crippen LogP contribution is -2.23. The van der Waals surface area contributed by atoms with Crippen molar-refractivity contribution >= 4 is 33.0 Å². The molecular formula is C29H22F4N2O5S. The first kappa shape index (κ1) is 29.3. The summed E-state index contributed by atoms with van der Waals surface area (Å²) < 4.78 is 82.5. The zero-order chi connectivity index (χ0) is 29.9. The van der Waals surface area contributed by atoms with Gasteiger partial charge in [0.15, 0.2) is 0 Å². The van der Waals surface area contributed by atoms with Crippen LogP contribution in [-0.4, -0.2) is 32.9 Å². The Kier molecular flexibility index (Phi) is 8.15. The van der Waals surface area contributed by atoms with Crippen molar-refractivity contribution in [1.29, 1.82) is 0 Å². The van der Waals surface area contributed by atoms with Crippen molar-refractivity contribution in [3.8, 4) is 16.9 Å². The van der Waals surface area contributed by atoms with Gasteiger partial charge in [-0.1, -0.05) is 48.0 Å². The minimum Gasteiger partial charge on any atom is -0.496 e. The van der Waals surface area contributed by atoms with Crippen molar-refractivity contribution in [3.63, 3.8) is 0 Å². The second kappa shape index (κ2) is 11.4. The number of methoxy groups -OCH3 is 1. The second-order valence-electron chi connectivity index (χ2n) is 8.83. The van der Waals surface area contributed by atoms with E-state index in [9.17, 15) is 35.6 Å².